The van der Waals surface area contributed by atoms with Crippen LogP contribution < -0.4 is 71.6 Å². The number of hydrogen-bond acceptors (Lipinski definition) is 16. The summed E-state index contributed by atoms with van der Waals surface area (Å²) in [5.41, 5.74) is 32.5. The molecule has 8 amide bonds. The zero-order chi connectivity index (χ0) is 54.4. The van der Waals surface area contributed by atoms with Crippen molar-refractivity contribution in [2.45, 2.75) is 132 Å². The Hall–Kier alpha value is -7.51. The SMILES string of the molecule is CSCC[C@H](NC(=O)[C@H](CCC(=O)O)NC(=O)[C@H](CCC(=O)O)NC(=O)[C@@H](N)CC(=O)O)C(=O)N[C@@H](CCC(N)=O)C(=O)N[C@@H](CCCN=C(N)N)C(=O)N[C@@H](CCCN=C(N)N)C(=O)N[C@@H](C)C(=O)O. The number of carboxylic acids is 4. The van der Waals surface area contributed by atoms with Crippen molar-refractivity contribution in [1.29, 1.82) is 0 Å². The molecule has 0 radical (unpaired) electrons. The normalized spacial score (nSPS) is 14.1. The lowest BCUT2D eigenvalue weighted by atomic mass is 10.0. The molecule has 0 spiro atoms. The van der Waals surface area contributed by atoms with Gasteiger partial charge in [0.2, 0.25) is 47.3 Å². The van der Waals surface area contributed by atoms with E-state index in [9.17, 15) is 72.9 Å². The van der Waals surface area contributed by atoms with Crippen LogP contribution in [0, 0.1) is 0 Å². The Kier molecular flexibility index (Phi) is 30.3. The van der Waals surface area contributed by atoms with Gasteiger partial charge in [-0.25, -0.2) is 0 Å². The lowest BCUT2D eigenvalue weighted by molar-refractivity contribution is -0.142. The lowest BCUT2D eigenvalue weighted by Crippen LogP contribution is -2.60. The van der Waals surface area contributed by atoms with Crippen LogP contribution in [0.3, 0.4) is 0 Å². The van der Waals surface area contributed by atoms with E-state index in [-0.39, 0.29) is 62.9 Å². The van der Waals surface area contributed by atoms with E-state index >= 15 is 0 Å². The highest BCUT2D eigenvalue weighted by Crippen LogP contribution is 2.10. The fraction of sp³-hybridized carbons (Fsp3) is 0.641. The van der Waals surface area contributed by atoms with E-state index in [0.29, 0.717) is 0 Å². The molecule has 71 heavy (non-hydrogen) atoms. The van der Waals surface area contributed by atoms with Gasteiger partial charge in [-0.3, -0.25) is 67.5 Å². The molecule has 400 valence electrons. The molecule has 0 aliphatic rings. The van der Waals surface area contributed by atoms with Crippen LogP contribution in [0.15, 0.2) is 9.98 Å². The Bertz CT molecular complexity index is 1950. The average molecular weight is 1030 g/mol. The van der Waals surface area contributed by atoms with Gasteiger partial charge in [-0.15, -0.1) is 0 Å². The van der Waals surface area contributed by atoms with Crippen LogP contribution in [-0.4, -0.2) is 177 Å². The third-order valence-corrected chi connectivity index (χ3v) is 10.4. The predicted molar refractivity (Wildman–Crippen MR) is 252 cm³/mol. The van der Waals surface area contributed by atoms with Crippen molar-refractivity contribution in [3.05, 3.63) is 0 Å². The number of carbonyl (C=O) groups is 12. The second kappa shape index (κ2) is 33.9. The third kappa shape index (κ3) is 28.6. The molecule has 0 aromatic carbocycles. The highest BCUT2D eigenvalue weighted by molar-refractivity contribution is 7.98. The van der Waals surface area contributed by atoms with E-state index in [1.54, 1.807) is 6.26 Å². The Morgan fingerprint density at radius 1 is 0.465 bits per heavy atom. The van der Waals surface area contributed by atoms with Crippen molar-refractivity contribution < 1.29 is 78.0 Å². The largest absolute Gasteiger partial charge is 0.481 e. The molecule has 23 N–H and O–H groups in total. The summed E-state index contributed by atoms with van der Waals surface area (Å²) in [6.45, 7) is 1.14. The highest BCUT2D eigenvalue weighted by Gasteiger charge is 2.34. The average Bonchev–Trinajstić information content (AvgIpc) is 3.27. The van der Waals surface area contributed by atoms with Crippen molar-refractivity contribution in [2.24, 2.45) is 44.4 Å². The zero-order valence-corrected chi connectivity index (χ0v) is 40.0. The smallest absolute Gasteiger partial charge is 0.325 e. The third-order valence-electron chi connectivity index (χ3n) is 9.73. The summed E-state index contributed by atoms with van der Waals surface area (Å²) in [6, 6.07) is -12.7. The summed E-state index contributed by atoms with van der Waals surface area (Å²) >= 11 is 1.21. The summed E-state index contributed by atoms with van der Waals surface area (Å²) < 4.78 is 0. The minimum atomic E-state index is -1.77. The number of rotatable bonds is 37. The van der Waals surface area contributed by atoms with E-state index in [4.69, 9.17) is 39.5 Å². The van der Waals surface area contributed by atoms with Crippen molar-refractivity contribution >= 4 is 94.8 Å². The zero-order valence-electron chi connectivity index (χ0n) is 39.2. The van der Waals surface area contributed by atoms with Gasteiger partial charge in [-0.1, -0.05) is 0 Å². The van der Waals surface area contributed by atoms with Crippen molar-refractivity contribution in [2.75, 3.05) is 25.1 Å². The number of hydrogen-bond donors (Lipinski definition) is 17. The number of carbonyl (C=O) groups excluding carboxylic acids is 8. The Labute approximate surface area is 411 Å². The predicted octanol–water partition coefficient (Wildman–Crippen LogP) is -6.86. The molecule has 8 atom stereocenters. The molecule has 32 heteroatoms. The molecule has 0 saturated carbocycles. The second-order valence-electron chi connectivity index (χ2n) is 15.7. The molecule has 0 fully saturated rings. The Morgan fingerprint density at radius 2 is 0.789 bits per heavy atom. The van der Waals surface area contributed by atoms with Gasteiger partial charge in [0.1, 0.15) is 42.3 Å². The number of aliphatic imine (C=N–C) groups is 2. The monoisotopic (exact) mass is 1030 g/mol. The fourth-order valence-corrected chi connectivity index (χ4v) is 6.45. The van der Waals surface area contributed by atoms with Crippen LogP contribution in [0.1, 0.15) is 84.0 Å². The van der Waals surface area contributed by atoms with Gasteiger partial charge >= 0.3 is 23.9 Å². The summed E-state index contributed by atoms with van der Waals surface area (Å²) in [5, 5.41) is 53.3. The summed E-state index contributed by atoms with van der Waals surface area (Å²) in [7, 11) is 0. The van der Waals surface area contributed by atoms with Crippen LogP contribution in [0.4, 0.5) is 0 Å². The van der Waals surface area contributed by atoms with Crippen molar-refractivity contribution in [3.63, 3.8) is 0 Å². The van der Waals surface area contributed by atoms with Crippen LogP contribution in [-0.2, 0) is 57.5 Å². The first-order valence-electron chi connectivity index (χ1n) is 21.8. The standard InChI is InChI=1S/C39H67N15O16S/c1-18(37(69)70)48-31(63)20(5-3-14-46-38(42)43)50-32(64)21(6-4-15-47-39(44)45)51-33(65)22(7-10-26(41)55)52-36(68)25(13-16-71-2)54-35(67)24(9-12-28(58)59)53-34(66)23(8-11-27(56)57)49-30(62)19(40)17-29(60)61/h18-25H,3-17,40H2,1-2H3,(H2,41,55)(H,48,63)(H,49,62)(H,50,64)(H,51,65)(H,52,68)(H,53,66)(H,54,67)(H,56,57)(H,58,59)(H,60,61)(H,69,70)(H4,42,43,46)(H4,44,45,47)/t18-,19-,20-,21-,22-,23-,24-,25-/m0/s1. The Balaban J connectivity index is 6.86. The number of aliphatic carboxylic acids is 4. The molecule has 0 rings (SSSR count). The molecule has 0 bridgehead atoms. The maximum atomic E-state index is 14.0. The number of guanidine groups is 2. The first-order valence-corrected chi connectivity index (χ1v) is 23.2. The molecule has 0 aliphatic heterocycles. The molecule has 0 saturated heterocycles. The molecule has 0 unspecified atom stereocenters. The molecular formula is C39H67N15O16S. The van der Waals surface area contributed by atoms with Gasteiger partial charge in [0.05, 0.1) is 12.5 Å². The molecule has 31 nitrogen and oxygen atoms in total. The second-order valence-corrected chi connectivity index (χ2v) is 16.7. The van der Waals surface area contributed by atoms with Gasteiger partial charge in [0.25, 0.3) is 0 Å². The topological polar surface area (TPSA) is 551 Å². The molecule has 0 heterocycles. The summed E-state index contributed by atoms with van der Waals surface area (Å²) in [6.07, 6.45) is -3.20. The van der Waals surface area contributed by atoms with Gasteiger partial charge < -0.3 is 92.0 Å². The maximum Gasteiger partial charge on any atom is 0.325 e. The van der Waals surface area contributed by atoms with Crippen LogP contribution >= 0.6 is 11.8 Å². The maximum absolute atomic E-state index is 14.0. The fourth-order valence-electron chi connectivity index (χ4n) is 5.97. The number of nitrogens with zero attached hydrogens (tertiary/aromatic N) is 2. The van der Waals surface area contributed by atoms with Gasteiger partial charge in [0, 0.05) is 32.4 Å². The van der Waals surface area contributed by atoms with E-state index in [1.165, 1.54) is 18.7 Å². The van der Waals surface area contributed by atoms with E-state index in [0.717, 1.165) is 0 Å². The number of nitrogens with two attached hydrogens (primary N) is 6. The van der Waals surface area contributed by atoms with Crippen molar-refractivity contribution in [3.8, 4) is 0 Å². The molecule has 0 aromatic rings. The van der Waals surface area contributed by atoms with E-state index in [1.807, 2.05) is 0 Å². The van der Waals surface area contributed by atoms with Gasteiger partial charge in [-0.05, 0) is 70.3 Å². The Morgan fingerprint density at radius 3 is 1.10 bits per heavy atom. The lowest BCUT2D eigenvalue weighted by Gasteiger charge is -2.28. The van der Waals surface area contributed by atoms with E-state index < -0.39 is 164 Å². The number of thioether (sulfide) groups is 1. The van der Waals surface area contributed by atoms with Crippen LogP contribution in [0.5, 0.6) is 0 Å². The van der Waals surface area contributed by atoms with Gasteiger partial charge in [0.15, 0.2) is 11.9 Å². The van der Waals surface area contributed by atoms with Gasteiger partial charge in [-0.2, -0.15) is 11.8 Å². The summed E-state index contributed by atoms with van der Waals surface area (Å²) in [4.78, 5) is 160. The van der Waals surface area contributed by atoms with Crippen molar-refractivity contribution in [1.82, 2.24) is 37.2 Å². The summed E-state index contributed by atoms with van der Waals surface area (Å²) in [5.74, 6) is -14.5. The molecular weight excluding hydrogens is 967 g/mol. The first kappa shape index (κ1) is 63.5. The number of amides is 8. The minimum absolute atomic E-state index is 0.00821. The molecule has 0 aromatic heterocycles. The first-order chi connectivity index (χ1) is 33.2. The number of primary amides is 1. The number of nitrogens with one attached hydrogen (secondary N) is 7. The minimum Gasteiger partial charge on any atom is -0.481 e. The number of carboxylic acid groups (broad SMARTS) is 4. The highest BCUT2D eigenvalue weighted by atomic mass is 32.2. The molecule has 0 aliphatic carbocycles. The quantitative estimate of drug-likeness (QED) is 0.0156. The van der Waals surface area contributed by atoms with Crippen LogP contribution in [0.2, 0.25) is 0 Å². The van der Waals surface area contributed by atoms with Crippen LogP contribution in [0.25, 0.3) is 0 Å². The van der Waals surface area contributed by atoms with E-state index in [2.05, 4.69) is 47.2 Å².